The van der Waals surface area contributed by atoms with Gasteiger partial charge in [0.1, 0.15) is 5.69 Å². The Morgan fingerprint density at radius 2 is 2.20 bits per heavy atom. The van der Waals surface area contributed by atoms with E-state index in [2.05, 4.69) is 15.4 Å². The van der Waals surface area contributed by atoms with Crippen molar-refractivity contribution in [2.24, 2.45) is 0 Å². The normalized spacial score (nSPS) is 13.1. The van der Waals surface area contributed by atoms with Crippen LogP contribution in [-0.4, -0.2) is 32.9 Å². The van der Waals surface area contributed by atoms with Gasteiger partial charge in [0, 0.05) is 12.3 Å². The van der Waals surface area contributed by atoms with Gasteiger partial charge in [0.15, 0.2) is 5.69 Å². The maximum absolute atomic E-state index is 12.2. The SMILES string of the molecule is CCC(CC(F)F)c1n[nH]nc1C(=O)O. The number of aromatic amines is 1. The van der Waals surface area contributed by atoms with Crippen LogP contribution in [0.4, 0.5) is 8.78 Å². The summed E-state index contributed by atoms with van der Waals surface area (Å²) >= 11 is 0. The molecular weight excluding hydrogens is 208 g/mol. The predicted molar refractivity (Wildman–Crippen MR) is 47.0 cm³/mol. The second kappa shape index (κ2) is 4.81. The van der Waals surface area contributed by atoms with E-state index in [1.54, 1.807) is 6.92 Å². The minimum atomic E-state index is -2.48. The molecule has 1 unspecified atom stereocenters. The monoisotopic (exact) mass is 219 g/mol. The van der Waals surface area contributed by atoms with Crippen LogP contribution in [-0.2, 0) is 0 Å². The number of alkyl halides is 2. The topological polar surface area (TPSA) is 78.9 Å². The van der Waals surface area contributed by atoms with E-state index in [-0.39, 0.29) is 11.4 Å². The van der Waals surface area contributed by atoms with Crippen LogP contribution in [0, 0.1) is 0 Å². The van der Waals surface area contributed by atoms with Crippen LogP contribution >= 0.6 is 0 Å². The van der Waals surface area contributed by atoms with E-state index >= 15 is 0 Å². The highest BCUT2D eigenvalue weighted by Crippen LogP contribution is 2.26. The summed E-state index contributed by atoms with van der Waals surface area (Å²) in [7, 11) is 0. The molecule has 15 heavy (non-hydrogen) atoms. The summed E-state index contributed by atoms with van der Waals surface area (Å²) in [5.41, 5.74) is -0.173. The van der Waals surface area contributed by atoms with Gasteiger partial charge >= 0.3 is 5.97 Å². The van der Waals surface area contributed by atoms with Crippen molar-refractivity contribution >= 4 is 5.97 Å². The summed E-state index contributed by atoms with van der Waals surface area (Å²) in [5.74, 6) is -1.83. The van der Waals surface area contributed by atoms with Crippen molar-refractivity contribution in [2.75, 3.05) is 0 Å². The van der Waals surface area contributed by atoms with Gasteiger partial charge in [0.25, 0.3) is 0 Å². The van der Waals surface area contributed by atoms with Crippen LogP contribution in [0.15, 0.2) is 0 Å². The summed E-state index contributed by atoms with van der Waals surface area (Å²) in [6, 6.07) is 0. The predicted octanol–water partition coefficient (Wildman–Crippen LogP) is 1.65. The molecule has 0 saturated carbocycles. The zero-order valence-corrected chi connectivity index (χ0v) is 8.07. The zero-order valence-electron chi connectivity index (χ0n) is 8.07. The summed E-state index contributed by atoms with van der Waals surface area (Å²) in [5, 5.41) is 17.9. The Hall–Kier alpha value is -1.53. The highest BCUT2D eigenvalue weighted by atomic mass is 19.3. The first-order chi connectivity index (χ1) is 7.06. The number of carboxylic acids is 1. The number of hydrogen-bond donors (Lipinski definition) is 2. The van der Waals surface area contributed by atoms with Crippen LogP contribution in [0.5, 0.6) is 0 Å². The molecule has 2 N–H and O–H groups in total. The van der Waals surface area contributed by atoms with Gasteiger partial charge in [-0.3, -0.25) is 0 Å². The molecule has 0 saturated heterocycles. The van der Waals surface area contributed by atoms with Crippen LogP contribution in [0.2, 0.25) is 0 Å². The van der Waals surface area contributed by atoms with E-state index < -0.39 is 24.7 Å². The molecule has 0 fully saturated rings. The quantitative estimate of drug-likeness (QED) is 0.789. The second-order valence-electron chi connectivity index (χ2n) is 3.09. The molecule has 84 valence electrons. The number of rotatable bonds is 5. The second-order valence-corrected chi connectivity index (χ2v) is 3.09. The zero-order chi connectivity index (χ0) is 11.4. The van der Waals surface area contributed by atoms with Crippen LogP contribution in [0.25, 0.3) is 0 Å². The fourth-order valence-corrected chi connectivity index (χ4v) is 1.37. The fourth-order valence-electron chi connectivity index (χ4n) is 1.37. The van der Waals surface area contributed by atoms with E-state index in [1.165, 1.54) is 0 Å². The van der Waals surface area contributed by atoms with Crippen LogP contribution in [0.1, 0.15) is 41.9 Å². The van der Waals surface area contributed by atoms with Crippen molar-refractivity contribution in [1.82, 2.24) is 15.4 Å². The van der Waals surface area contributed by atoms with Crippen LogP contribution in [0.3, 0.4) is 0 Å². The molecule has 0 aliphatic carbocycles. The van der Waals surface area contributed by atoms with Crippen molar-refractivity contribution in [3.8, 4) is 0 Å². The van der Waals surface area contributed by atoms with E-state index in [1.807, 2.05) is 0 Å². The highest BCUT2D eigenvalue weighted by Gasteiger charge is 2.24. The maximum atomic E-state index is 12.2. The molecule has 0 bridgehead atoms. The van der Waals surface area contributed by atoms with Crippen LogP contribution < -0.4 is 0 Å². The Labute approximate surface area is 84.5 Å². The number of nitrogens with one attached hydrogen (secondary N) is 1. The molecule has 0 amide bonds. The van der Waals surface area contributed by atoms with Gasteiger partial charge in [-0.25, -0.2) is 13.6 Å². The Morgan fingerprint density at radius 1 is 1.53 bits per heavy atom. The lowest BCUT2D eigenvalue weighted by Crippen LogP contribution is -2.09. The summed E-state index contributed by atoms with van der Waals surface area (Å²) in [6.45, 7) is 1.70. The lowest BCUT2D eigenvalue weighted by molar-refractivity contribution is 0.0686. The number of aromatic carboxylic acids is 1. The van der Waals surface area contributed by atoms with Gasteiger partial charge in [-0.1, -0.05) is 6.92 Å². The van der Waals surface area contributed by atoms with Gasteiger partial charge in [0.2, 0.25) is 6.43 Å². The molecule has 0 aliphatic rings. The lowest BCUT2D eigenvalue weighted by Gasteiger charge is -2.11. The number of hydrogen-bond acceptors (Lipinski definition) is 3. The van der Waals surface area contributed by atoms with Crippen molar-refractivity contribution < 1.29 is 18.7 Å². The number of halogens is 2. The van der Waals surface area contributed by atoms with E-state index in [0.717, 1.165) is 0 Å². The molecule has 0 aliphatic heterocycles. The van der Waals surface area contributed by atoms with Crippen molar-refractivity contribution in [2.45, 2.75) is 32.1 Å². The molecule has 0 spiro atoms. The molecule has 0 radical (unpaired) electrons. The molecule has 0 aromatic carbocycles. The van der Waals surface area contributed by atoms with Crippen molar-refractivity contribution in [3.63, 3.8) is 0 Å². The minimum absolute atomic E-state index is 0.102. The molecule has 1 heterocycles. The van der Waals surface area contributed by atoms with E-state index in [4.69, 9.17) is 5.11 Å². The van der Waals surface area contributed by atoms with E-state index in [9.17, 15) is 13.6 Å². The Bertz CT molecular complexity index is 340. The largest absolute Gasteiger partial charge is 0.476 e. The van der Waals surface area contributed by atoms with Crippen molar-refractivity contribution in [1.29, 1.82) is 0 Å². The fraction of sp³-hybridized carbons (Fsp3) is 0.625. The summed E-state index contributed by atoms with van der Waals surface area (Å²) in [6.07, 6.45) is -2.48. The number of nitrogens with zero attached hydrogens (tertiary/aromatic N) is 2. The third-order valence-electron chi connectivity index (χ3n) is 2.12. The van der Waals surface area contributed by atoms with E-state index in [0.29, 0.717) is 6.42 Å². The van der Waals surface area contributed by atoms with Crippen molar-refractivity contribution in [3.05, 3.63) is 11.4 Å². The first-order valence-corrected chi connectivity index (χ1v) is 4.48. The Kier molecular flexibility index (Phi) is 3.70. The molecule has 5 nitrogen and oxygen atoms in total. The average Bonchev–Trinajstić information content (AvgIpc) is 2.62. The average molecular weight is 219 g/mol. The summed E-state index contributed by atoms with van der Waals surface area (Å²) in [4.78, 5) is 10.7. The molecular formula is C8H11F2N3O2. The molecule has 1 rings (SSSR count). The number of carboxylic acid groups (broad SMARTS) is 1. The number of carbonyl (C=O) groups is 1. The molecule has 7 heteroatoms. The maximum Gasteiger partial charge on any atom is 0.358 e. The Balaban J connectivity index is 2.91. The minimum Gasteiger partial charge on any atom is -0.476 e. The molecule has 1 aromatic rings. The smallest absolute Gasteiger partial charge is 0.358 e. The van der Waals surface area contributed by atoms with Gasteiger partial charge in [-0.15, -0.1) is 5.10 Å². The lowest BCUT2D eigenvalue weighted by atomic mass is 9.97. The first kappa shape index (κ1) is 11.5. The molecule has 1 atom stereocenters. The Morgan fingerprint density at radius 3 is 2.67 bits per heavy atom. The van der Waals surface area contributed by atoms with Gasteiger partial charge in [-0.05, 0) is 6.42 Å². The van der Waals surface area contributed by atoms with Gasteiger partial charge in [0.05, 0.1) is 0 Å². The standard InChI is InChI=1S/C8H11F2N3O2/c1-2-4(3-5(9)10)6-7(8(14)15)12-13-11-6/h4-5H,2-3H2,1H3,(H,14,15)(H,11,12,13). The first-order valence-electron chi connectivity index (χ1n) is 4.48. The number of H-pyrrole nitrogens is 1. The third-order valence-corrected chi connectivity index (χ3v) is 2.12. The number of aromatic nitrogens is 3. The third kappa shape index (κ3) is 2.71. The van der Waals surface area contributed by atoms with Gasteiger partial charge in [-0.2, -0.15) is 10.3 Å². The summed E-state index contributed by atoms with van der Waals surface area (Å²) < 4.78 is 24.4. The highest BCUT2D eigenvalue weighted by molar-refractivity contribution is 5.86. The van der Waals surface area contributed by atoms with Gasteiger partial charge < -0.3 is 5.11 Å². The molecule has 1 aromatic heterocycles.